The van der Waals surface area contributed by atoms with Crippen LogP contribution in [0.1, 0.15) is 50.0 Å². The molecule has 1 aromatic heterocycles. The maximum Gasteiger partial charge on any atom is 0.272 e. The number of hydrogen-bond acceptors (Lipinski definition) is 3. The van der Waals surface area contributed by atoms with E-state index in [9.17, 15) is 4.79 Å². The Morgan fingerprint density at radius 3 is 3.05 bits per heavy atom. The fraction of sp³-hybridized carbons (Fsp3) is 0.600. The smallest absolute Gasteiger partial charge is 0.272 e. The number of amides is 1. The summed E-state index contributed by atoms with van der Waals surface area (Å²) in [6.45, 7) is 6.00. The van der Waals surface area contributed by atoms with Crippen LogP contribution in [0.2, 0.25) is 0 Å². The van der Waals surface area contributed by atoms with Crippen LogP contribution in [-0.2, 0) is 0 Å². The Balaban J connectivity index is 2.10. The van der Waals surface area contributed by atoms with Crippen molar-refractivity contribution in [3.8, 4) is 0 Å². The predicted molar refractivity (Wildman–Crippen MR) is 77.4 cm³/mol. The maximum atomic E-state index is 12.5. The van der Waals surface area contributed by atoms with Crippen LogP contribution >= 0.6 is 0 Å². The minimum Gasteiger partial charge on any atom is -0.370 e. The van der Waals surface area contributed by atoms with E-state index in [1.54, 1.807) is 0 Å². The first-order valence-electron chi connectivity index (χ1n) is 7.28. The van der Waals surface area contributed by atoms with E-state index in [4.69, 9.17) is 0 Å². The first kappa shape index (κ1) is 13.8. The van der Waals surface area contributed by atoms with Gasteiger partial charge in [0.15, 0.2) is 0 Å². The molecule has 19 heavy (non-hydrogen) atoms. The molecule has 0 radical (unpaired) electrons. The van der Waals surface area contributed by atoms with E-state index < -0.39 is 0 Å². The van der Waals surface area contributed by atoms with Gasteiger partial charge in [-0.15, -0.1) is 0 Å². The molecule has 1 amide bonds. The zero-order valence-corrected chi connectivity index (χ0v) is 11.9. The van der Waals surface area contributed by atoms with Crippen LogP contribution in [0.3, 0.4) is 0 Å². The minimum atomic E-state index is 0.0736. The summed E-state index contributed by atoms with van der Waals surface area (Å²) in [5, 5.41) is 3.22. The van der Waals surface area contributed by atoms with Crippen molar-refractivity contribution in [3.05, 3.63) is 23.9 Å². The molecule has 2 rings (SSSR count). The number of hydrogen-bond donors (Lipinski definition) is 1. The van der Waals surface area contributed by atoms with Crippen LogP contribution < -0.4 is 5.32 Å². The molecule has 0 spiro atoms. The van der Waals surface area contributed by atoms with Gasteiger partial charge in [-0.25, -0.2) is 4.98 Å². The third-order valence-electron chi connectivity index (χ3n) is 3.63. The standard InChI is InChI=1S/C15H23N3O/c1-3-10-16-14-9-5-8-13(17-14)15(19)18-11-6-7-12(18)4-2/h5,8-9,12H,3-4,6-7,10-11H2,1-2H3,(H,16,17). The molecule has 2 heterocycles. The number of rotatable bonds is 5. The molecule has 1 unspecified atom stereocenters. The lowest BCUT2D eigenvalue weighted by Crippen LogP contribution is -2.35. The van der Waals surface area contributed by atoms with E-state index in [-0.39, 0.29) is 5.91 Å². The van der Waals surface area contributed by atoms with E-state index in [1.807, 2.05) is 23.1 Å². The van der Waals surface area contributed by atoms with Crippen LogP contribution in [0, 0.1) is 0 Å². The average molecular weight is 261 g/mol. The summed E-state index contributed by atoms with van der Waals surface area (Å²) in [6.07, 6.45) is 4.30. The van der Waals surface area contributed by atoms with E-state index in [1.165, 1.54) is 0 Å². The summed E-state index contributed by atoms with van der Waals surface area (Å²) in [5.41, 5.74) is 0.557. The van der Waals surface area contributed by atoms with Crippen molar-refractivity contribution in [3.63, 3.8) is 0 Å². The average Bonchev–Trinajstić information content (AvgIpc) is 2.93. The lowest BCUT2D eigenvalue weighted by Gasteiger charge is -2.23. The van der Waals surface area contributed by atoms with Gasteiger partial charge in [-0.3, -0.25) is 4.79 Å². The van der Waals surface area contributed by atoms with E-state index >= 15 is 0 Å². The van der Waals surface area contributed by atoms with Gasteiger partial charge in [0.05, 0.1) is 0 Å². The molecule has 0 aliphatic carbocycles. The summed E-state index contributed by atoms with van der Waals surface area (Å²) in [5.74, 6) is 0.865. The van der Waals surface area contributed by atoms with Crippen molar-refractivity contribution < 1.29 is 4.79 Å². The largest absolute Gasteiger partial charge is 0.370 e. The Kier molecular flexibility index (Phi) is 4.77. The SMILES string of the molecule is CCCNc1cccc(C(=O)N2CCCC2CC)n1. The molecule has 0 aromatic carbocycles. The summed E-state index contributed by atoms with van der Waals surface area (Å²) in [6, 6.07) is 6.01. The number of likely N-dealkylation sites (tertiary alicyclic amines) is 1. The van der Waals surface area contributed by atoms with Crippen LogP contribution in [0.15, 0.2) is 18.2 Å². The van der Waals surface area contributed by atoms with Crippen molar-refractivity contribution in [2.24, 2.45) is 0 Å². The Morgan fingerprint density at radius 1 is 1.47 bits per heavy atom. The Labute approximate surface area is 115 Å². The van der Waals surface area contributed by atoms with Gasteiger partial charge in [0.25, 0.3) is 5.91 Å². The Hall–Kier alpha value is -1.58. The molecule has 1 saturated heterocycles. The molecular weight excluding hydrogens is 238 g/mol. The lowest BCUT2D eigenvalue weighted by atomic mass is 10.1. The van der Waals surface area contributed by atoms with Gasteiger partial charge >= 0.3 is 0 Å². The molecule has 1 aliphatic rings. The molecule has 1 aromatic rings. The van der Waals surface area contributed by atoms with Crippen molar-refractivity contribution >= 4 is 11.7 Å². The van der Waals surface area contributed by atoms with Gasteiger partial charge in [0.2, 0.25) is 0 Å². The molecule has 1 aliphatic heterocycles. The predicted octanol–water partition coefficient (Wildman–Crippen LogP) is 2.92. The second-order valence-corrected chi connectivity index (χ2v) is 5.04. The van der Waals surface area contributed by atoms with E-state index in [0.29, 0.717) is 11.7 Å². The Morgan fingerprint density at radius 2 is 2.32 bits per heavy atom. The van der Waals surface area contributed by atoms with Crippen LogP contribution in [-0.4, -0.2) is 34.9 Å². The van der Waals surface area contributed by atoms with Gasteiger partial charge in [-0.2, -0.15) is 0 Å². The van der Waals surface area contributed by atoms with Gasteiger partial charge in [-0.05, 0) is 37.8 Å². The zero-order valence-electron chi connectivity index (χ0n) is 11.9. The molecule has 0 saturated carbocycles. The highest BCUT2D eigenvalue weighted by molar-refractivity contribution is 5.93. The van der Waals surface area contributed by atoms with Crippen molar-refractivity contribution in [2.75, 3.05) is 18.4 Å². The number of anilines is 1. The van der Waals surface area contributed by atoms with Crippen LogP contribution in [0.5, 0.6) is 0 Å². The first-order chi connectivity index (χ1) is 9.26. The normalized spacial score (nSPS) is 18.6. The summed E-state index contributed by atoms with van der Waals surface area (Å²) in [4.78, 5) is 18.9. The summed E-state index contributed by atoms with van der Waals surface area (Å²) in [7, 11) is 0. The number of carbonyl (C=O) groups excluding carboxylic acids is 1. The van der Waals surface area contributed by atoms with Crippen molar-refractivity contribution in [1.29, 1.82) is 0 Å². The third-order valence-corrected chi connectivity index (χ3v) is 3.63. The van der Waals surface area contributed by atoms with Gasteiger partial charge in [-0.1, -0.05) is 19.9 Å². The zero-order chi connectivity index (χ0) is 13.7. The number of carbonyl (C=O) groups is 1. The topological polar surface area (TPSA) is 45.2 Å². The van der Waals surface area contributed by atoms with Gasteiger partial charge in [0.1, 0.15) is 11.5 Å². The fourth-order valence-electron chi connectivity index (χ4n) is 2.58. The quantitative estimate of drug-likeness (QED) is 0.886. The Bertz CT molecular complexity index is 433. The lowest BCUT2D eigenvalue weighted by molar-refractivity contribution is 0.0728. The minimum absolute atomic E-state index is 0.0736. The highest BCUT2D eigenvalue weighted by atomic mass is 16.2. The monoisotopic (exact) mass is 261 g/mol. The first-order valence-corrected chi connectivity index (χ1v) is 7.28. The molecule has 1 atom stereocenters. The highest BCUT2D eigenvalue weighted by Crippen LogP contribution is 2.22. The number of nitrogens with one attached hydrogen (secondary N) is 1. The second-order valence-electron chi connectivity index (χ2n) is 5.04. The van der Waals surface area contributed by atoms with Crippen LogP contribution in [0.4, 0.5) is 5.82 Å². The number of aromatic nitrogens is 1. The van der Waals surface area contributed by atoms with Crippen molar-refractivity contribution in [2.45, 2.75) is 45.6 Å². The van der Waals surface area contributed by atoms with Gasteiger partial charge in [0, 0.05) is 19.1 Å². The van der Waals surface area contributed by atoms with Crippen LogP contribution in [0.25, 0.3) is 0 Å². The molecule has 1 fully saturated rings. The maximum absolute atomic E-state index is 12.5. The van der Waals surface area contributed by atoms with E-state index in [0.717, 1.165) is 44.6 Å². The molecule has 0 bridgehead atoms. The number of nitrogens with zero attached hydrogens (tertiary/aromatic N) is 2. The summed E-state index contributed by atoms with van der Waals surface area (Å²) < 4.78 is 0. The molecular formula is C15H23N3O. The molecule has 104 valence electrons. The summed E-state index contributed by atoms with van der Waals surface area (Å²) >= 11 is 0. The highest BCUT2D eigenvalue weighted by Gasteiger charge is 2.28. The molecule has 4 heteroatoms. The third kappa shape index (κ3) is 3.25. The molecule has 4 nitrogen and oxygen atoms in total. The van der Waals surface area contributed by atoms with Crippen molar-refractivity contribution in [1.82, 2.24) is 9.88 Å². The molecule has 1 N–H and O–H groups in total. The fourth-order valence-corrected chi connectivity index (χ4v) is 2.58. The van der Waals surface area contributed by atoms with Gasteiger partial charge < -0.3 is 10.2 Å². The number of pyridine rings is 1. The second kappa shape index (κ2) is 6.55. The van der Waals surface area contributed by atoms with E-state index in [2.05, 4.69) is 24.1 Å².